The molecule has 3 N–H and O–H groups in total. The van der Waals surface area contributed by atoms with Gasteiger partial charge in [0.1, 0.15) is 0 Å². The lowest BCUT2D eigenvalue weighted by Gasteiger charge is -2.14. The van der Waals surface area contributed by atoms with E-state index in [4.69, 9.17) is 12.2 Å². The van der Waals surface area contributed by atoms with Gasteiger partial charge in [-0.2, -0.15) is 0 Å². The molecule has 0 spiro atoms. The van der Waals surface area contributed by atoms with Crippen LogP contribution in [-0.4, -0.2) is 12.5 Å². The molecule has 20 heavy (non-hydrogen) atoms. The number of terminal acetylenes is 1. The Bertz CT molecular complexity index is 456. The van der Waals surface area contributed by atoms with E-state index in [1.807, 2.05) is 18.2 Å². The number of amides is 1. The maximum atomic E-state index is 11.9. The molecule has 108 valence electrons. The average molecular weight is 272 g/mol. The van der Waals surface area contributed by atoms with Gasteiger partial charge < -0.3 is 11.1 Å². The SMILES string of the molecule is C#Cc1cccc(NC(=O)CCC(CCC)CCN)c1. The third-order valence-electron chi connectivity index (χ3n) is 3.36. The molecule has 1 aromatic carbocycles. The molecule has 1 rings (SSSR count). The normalized spacial score (nSPS) is 11.7. The van der Waals surface area contributed by atoms with Crippen molar-refractivity contribution in [1.29, 1.82) is 0 Å². The summed E-state index contributed by atoms with van der Waals surface area (Å²) >= 11 is 0. The molecule has 1 aromatic rings. The number of carbonyl (C=O) groups is 1. The lowest BCUT2D eigenvalue weighted by atomic mass is 9.94. The molecule has 1 amide bonds. The molecule has 0 saturated heterocycles. The van der Waals surface area contributed by atoms with Gasteiger partial charge in [0.05, 0.1) is 0 Å². The molecule has 0 bridgehead atoms. The van der Waals surface area contributed by atoms with Gasteiger partial charge in [0.25, 0.3) is 0 Å². The van der Waals surface area contributed by atoms with Gasteiger partial charge >= 0.3 is 0 Å². The zero-order chi connectivity index (χ0) is 14.8. The minimum absolute atomic E-state index is 0.0392. The van der Waals surface area contributed by atoms with Crippen LogP contribution < -0.4 is 11.1 Å². The van der Waals surface area contributed by atoms with Crippen molar-refractivity contribution in [3.63, 3.8) is 0 Å². The van der Waals surface area contributed by atoms with Gasteiger partial charge in [-0.1, -0.05) is 31.8 Å². The summed E-state index contributed by atoms with van der Waals surface area (Å²) in [5.41, 5.74) is 7.14. The fourth-order valence-corrected chi connectivity index (χ4v) is 2.32. The summed E-state index contributed by atoms with van der Waals surface area (Å²) in [6.45, 7) is 2.85. The third-order valence-corrected chi connectivity index (χ3v) is 3.36. The lowest BCUT2D eigenvalue weighted by Crippen LogP contribution is -2.15. The molecular formula is C17H24N2O. The number of nitrogens with one attached hydrogen (secondary N) is 1. The van der Waals surface area contributed by atoms with Gasteiger partial charge in [-0.15, -0.1) is 6.42 Å². The van der Waals surface area contributed by atoms with E-state index in [0.717, 1.165) is 36.9 Å². The van der Waals surface area contributed by atoms with Crippen LogP contribution in [-0.2, 0) is 4.79 Å². The molecule has 0 radical (unpaired) electrons. The molecule has 1 atom stereocenters. The van der Waals surface area contributed by atoms with Gasteiger partial charge in [0, 0.05) is 17.7 Å². The highest BCUT2D eigenvalue weighted by Crippen LogP contribution is 2.18. The number of benzene rings is 1. The summed E-state index contributed by atoms with van der Waals surface area (Å²) in [6, 6.07) is 7.34. The van der Waals surface area contributed by atoms with Crippen molar-refractivity contribution >= 4 is 11.6 Å². The summed E-state index contributed by atoms with van der Waals surface area (Å²) in [7, 11) is 0. The van der Waals surface area contributed by atoms with Crippen molar-refractivity contribution in [2.45, 2.75) is 39.0 Å². The quantitative estimate of drug-likeness (QED) is 0.714. The first-order valence-electron chi connectivity index (χ1n) is 7.26. The van der Waals surface area contributed by atoms with Crippen molar-refractivity contribution in [3.05, 3.63) is 29.8 Å². The Morgan fingerprint density at radius 1 is 1.40 bits per heavy atom. The summed E-state index contributed by atoms with van der Waals surface area (Å²) in [5.74, 6) is 3.15. The van der Waals surface area contributed by atoms with Gasteiger partial charge in [-0.3, -0.25) is 4.79 Å². The zero-order valence-corrected chi connectivity index (χ0v) is 12.2. The van der Waals surface area contributed by atoms with E-state index < -0.39 is 0 Å². The van der Waals surface area contributed by atoms with E-state index in [1.54, 1.807) is 6.07 Å². The van der Waals surface area contributed by atoms with Crippen LogP contribution in [0.1, 0.15) is 44.6 Å². The van der Waals surface area contributed by atoms with Crippen molar-refractivity contribution in [3.8, 4) is 12.3 Å². The van der Waals surface area contributed by atoms with Crippen LogP contribution in [0.5, 0.6) is 0 Å². The molecular weight excluding hydrogens is 248 g/mol. The zero-order valence-electron chi connectivity index (χ0n) is 12.2. The predicted octanol–water partition coefficient (Wildman–Crippen LogP) is 3.15. The minimum Gasteiger partial charge on any atom is -0.330 e. The molecule has 3 heteroatoms. The number of anilines is 1. The highest BCUT2D eigenvalue weighted by atomic mass is 16.1. The molecule has 0 fully saturated rings. The standard InChI is InChI=1S/C17H24N2O/c1-3-6-15(11-12-18)9-10-17(20)19-16-8-5-7-14(4-2)13-16/h2,5,7-8,13,15H,3,6,9-12,18H2,1H3,(H,19,20). The summed E-state index contributed by atoms with van der Waals surface area (Å²) in [6.07, 6.45) is 10.0. The predicted molar refractivity (Wildman–Crippen MR) is 84.3 cm³/mol. The Hall–Kier alpha value is -1.79. The maximum absolute atomic E-state index is 11.9. The molecule has 1 unspecified atom stereocenters. The second-order valence-electron chi connectivity index (χ2n) is 5.04. The van der Waals surface area contributed by atoms with E-state index in [9.17, 15) is 4.79 Å². The fourth-order valence-electron chi connectivity index (χ4n) is 2.32. The Morgan fingerprint density at radius 2 is 2.20 bits per heavy atom. The first kappa shape index (κ1) is 16.3. The Labute approximate surface area is 121 Å². The van der Waals surface area contributed by atoms with Crippen LogP contribution in [0.2, 0.25) is 0 Å². The molecule has 0 aliphatic rings. The highest BCUT2D eigenvalue weighted by molar-refractivity contribution is 5.90. The third kappa shape index (κ3) is 5.90. The molecule has 0 aliphatic carbocycles. The Balaban J connectivity index is 2.44. The second kappa shape index (κ2) is 9.17. The second-order valence-corrected chi connectivity index (χ2v) is 5.04. The van der Waals surface area contributed by atoms with Crippen molar-refractivity contribution in [2.75, 3.05) is 11.9 Å². The summed E-state index contributed by atoms with van der Waals surface area (Å²) in [5, 5.41) is 2.89. The van der Waals surface area contributed by atoms with Gasteiger partial charge in [-0.05, 0) is 43.5 Å². The number of rotatable bonds is 8. The van der Waals surface area contributed by atoms with E-state index in [1.165, 1.54) is 0 Å². The minimum atomic E-state index is 0.0392. The van der Waals surface area contributed by atoms with E-state index in [-0.39, 0.29) is 5.91 Å². The van der Waals surface area contributed by atoms with E-state index in [2.05, 4.69) is 18.2 Å². The number of carbonyl (C=O) groups excluding carboxylic acids is 1. The van der Waals surface area contributed by atoms with Crippen molar-refractivity contribution in [1.82, 2.24) is 0 Å². The lowest BCUT2D eigenvalue weighted by molar-refractivity contribution is -0.116. The van der Waals surface area contributed by atoms with Crippen molar-refractivity contribution < 1.29 is 4.79 Å². The van der Waals surface area contributed by atoms with Crippen molar-refractivity contribution in [2.24, 2.45) is 11.7 Å². The summed E-state index contributed by atoms with van der Waals surface area (Å²) in [4.78, 5) is 11.9. The van der Waals surface area contributed by atoms with Gasteiger partial charge in [0.2, 0.25) is 5.91 Å². The summed E-state index contributed by atoms with van der Waals surface area (Å²) < 4.78 is 0. The van der Waals surface area contributed by atoms with Crippen LogP contribution in [0.25, 0.3) is 0 Å². The van der Waals surface area contributed by atoms with Crippen LogP contribution in [0, 0.1) is 18.3 Å². The van der Waals surface area contributed by atoms with Crippen LogP contribution >= 0.6 is 0 Å². The van der Waals surface area contributed by atoms with Crippen LogP contribution in [0.3, 0.4) is 0 Å². The fraction of sp³-hybridized carbons (Fsp3) is 0.471. The molecule has 3 nitrogen and oxygen atoms in total. The molecule has 0 aromatic heterocycles. The smallest absolute Gasteiger partial charge is 0.224 e. The van der Waals surface area contributed by atoms with Crippen LogP contribution in [0.15, 0.2) is 24.3 Å². The Morgan fingerprint density at radius 3 is 2.85 bits per heavy atom. The average Bonchev–Trinajstić information content (AvgIpc) is 2.45. The monoisotopic (exact) mass is 272 g/mol. The van der Waals surface area contributed by atoms with Gasteiger partial charge in [0.15, 0.2) is 0 Å². The molecule has 0 aliphatic heterocycles. The van der Waals surface area contributed by atoms with Crippen LogP contribution in [0.4, 0.5) is 5.69 Å². The number of hydrogen-bond acceptors (Lipinski definition) is 2. The highest BCUT2D eigenvalue weighted by Gasteiger charge is 2.10. The van der Waals surface area contributed by atoms with E-state index in [0.29, 0.717) is 18.9 Å². The number of nitrogens with two attached hydrogens (primary N) is 1. The first-order valence-corrected chi connectivity index (χ1v) is 7.26. The molecule has 0 heterocycles. The molecule has 0 saturated carbocycles. The number of hydrogen-bond donors (Lipinski definition) is 2. The maximum Gasteiger partial charge on any atom is 0.224 e. The van der Waals surface area contributed by atoms with E-state index >= 15 is 0 Å². The largest absolute Gasteiger partial charge is 0.330 e. The topological polar surface area (TPSA) is 55.1 Å². The first-order chi connectivity index (χ1) is 9.69. The Kier molecular flexibility index (Phi) is 7.46. The van der Waals surface area contributed by atoms with Gasteiger partial charge in [-0.25, -0.2) is 0 Å².